The monoisotopic (exact) mass is 329 g/mol. The van der Waals surface area contributed by atoms with Crippen molar-refractivity contribution in [1.29, 1.82) is 0 Å². The summed E-state index contributed by atoms with van der Waals surface area (Å²) in [5, 5.41) is 0.308. The molecule has 21 heavy (non-hydrogen) atoms. The molecule has 0 N–H and O–H groups in total. The van der Waals surface area contributed by atoms with Crippen LogP contribution in [0.5, 0.6) is 0 Å². The number of hydrogen-bond donors (Lipinski definition) is 0. The van der Waals surface area contributed by atoms with Crippen molar-refractivity contribution in [1.82, 2.24) is 14.2 Å². The van der Waals surface area contributed by atoms with Gasteiger partial charge < -0.3 is 0 Å². The fourth-order valence-electron chi connectivity index (χ4n) is 3.21. The maximum atomic E-state index is 12.7. The van der Waals surface area contributed by atoms with Crippen LogP contribution >= 0.6 is 11.6 Å². The van der Waals surface area contributed by atoms with Gasteiger partial charge in [-0.3, -0.25) is 4.90 Å². The van der Waals surface area contributed by atoms with Crippen LogP contribution in [0.1, 0.15) is 25.7 Å². The highest BCUT2D eigenvalue weighted by Gasteiger charge is 2.33. The Balaban J connectivity index is 1.76. The first-order chi connectivity index (χ1) is 10.1. The van der Waals surface area contributed by atoms with Crippen molar-refractivity contribution in [2.45, 2.75) is 36.6 Å². The van der Waals surface area contributed by atoms with Gasteiger partial charge in [-0.2, -0.15) is 4.31 Å². The van der Waals surface area contributed by atoms with Crippen molar-refractivity contribution in [3.8, 4) is 0 Å². The highest BCUT2D eigenvalue weighted by molar-refractivity contribution is 7.89. The number of aromatic nitrogens is 1. The van der Waals surface area contributed by atoms with E-state index in [1.165, 1.54) is 31.2 Å². The summed E-state index contributed by atoms with van der Waals surface area (Å²) >= 11 is 5.73. The molecule has 0 bridgehead atoms. The minimum atomic E-state index is -3.46. The van der Waals surface area contributed by atoms with Crippen LogP contribution in [0.4, 0.5) is 0 Å². The zero-order chi connectivity index (χ0) is 14.9. The highest BCUT2D eigenvalue weighted by atomic mass is 35.5. The molecule has 116 valence electrons. The smallest absolute Gasteiger partial charge is 0.244 e. The third-order valence-corrected chi connectivity index (χ3v) is 6.43. The van der Waals surface area contributed by atoms with Gasteiger partial charge in [-0.25, -0.2) is 13.4 Å². The standard InChI is InChI=1S/C14H20ClN3O2S/c15-14-6-5-13(10-16-14)21(19,20)18-9-3-4-12(11-18)17-7-1-2-8-17/h5-6,10,12H,1-4,7-9,11H2. The minimum Gasteiger partial charge on any atom is -0.299 e. The van der Waals surface area contributed by atoms with Crippen LogP contribution in [0.3, 0.4) is 0 Å². The predicted molar refractivity (Wildman–Crippen MR) is 81.8 cm³/mol. The lowest BCUT2D eigenvalue weighted by atomic mass is 10.1. The molecule has 3 rings (SSSR count). The van der Waals surface area contributed by atoms with Crippen LogP contribution in [0.2, 0.25) is 5.15 Å². The maximum Gasteiger partial charge on any atom is 0.244 e. The van der Waals surface area contributed by atoms with Gasteiger partial charge in [0.25, 0.3) is 0 Å². The summed E-state index contributed by atoms with van der Waals surface area (Å²) < 4.78 is 27.0. The number of likely N-dealkylation sites (tertiary alicyclic amines) is 1. The van der Waals surface area contributed by atoms with Gasteiger partial charge in [-0.15, -0.1) is 0 Å². The van der Waals surface area contributed by atoms with Crippen molar-refractivity contribution in [3.63, 3.8) is 0 Å². The fraction of sp³-hybridized carbons (Fsp3) is 0.643. The van der Waals surface area contributed by atoms with Crippen molar-refractivity contribution in [2.75, 3.05) is 26.2 Å². The van der Waals surface area contributed by atoms with E-state index in [1.54, 1.807) is 4.31 Å². The van der Waals surface area contributed by atoms with E-state index in [1.807, 2.05) is 0 Å². The third-order valence-electron chi connectivity index (χ3n) is 4.35. The van der Waals surface area contributed by atoms with E-state index in [0.717, 1.165) is 25.9 Å². The van der Waals surface area contributed by atoms with Crippen molar-refractivity contribution in [3.05, 3.63) is 23.5 Å². The molecule has 3 heterocycles. The Labute approximate surface area is 131 Å². The van der Waals surface area contributed by atoms with E-state index in [9.17, 15) is 8.42 Å². The Morgan fingerprint density at radius 2 is 1.90 bits per heavy atom. The third kappa shape index (κ3) is 3.23. The normalized spacial score (nSPS) is 25.3. The lowest BCUT2D eigenvalue weighted by Crippen LogP contribution is -2.48. The average Bonchev–Trinajstić information content (AvgIpc) is 3.02. The number of hydrogen-bond acceptors (Lipinski definition) is 4. The van der Waals surface area contributed by atoms with Crippen LogP contribution in [-0.2, 0) is 10.0 Å². The summed E-state index contributed by atoms with van der Waals surface area (Å²) in [6.07, 6.45) is 5.80. The van der Waals surface area contributed by atoms with Gasteiger partial charge in [0.05, 0.1) is 0 Å². The molecule has 7 heteroatoms. The summed E-state index contributed by atoms with van der Waals surface area (Å²) in [6, 6.07) is 3.41. The molecule has 5 nitrogen and oxygen atoms in total. The van der Waals surface area contributed by atoms with E-state index < -0.39 is 10.0 Å². The zero-order valence-electron chi connectivity index (χ0n) is 11.9. The number of rotatable bonds is 3. The van der Waals surface area contributed by atoms with Crippen LogP contribution in [0.15, 0.2) is 23.2 Å². The lowest BCUT2D eigenvalue weighted by molar-refractivity contribution is 0.162. The fourth-order valence-corrected chi connectivity index (χ4v) is 4.78. The second-order valence-electron chi connectivity index (χ2n) is 5.72. The van der Waals surface area contributed by atoms with Crippen LogP contribution in [0, 0.1) is 0 Å². The molecule has 0 saturated carbocycles. The Kier molecular flexibility index (Phi) is 4.49. The maximum absolute atomic E-state index is 12.7. The molecule has 2 aliphatic rings. The number of piperidine rings is 1. The van der Waals surface area contributed by atoms with Crippen molar-refractivity contribution < 1.29 is 8.42 Å². The molecule has 0 amide bonds. The Hall–Kier alpha value is -0.690. The van der Waals surface area contributed by atoms with Crippen molar-refractivity contribution >= 4 is 21.6 Å². The molecule has 2 saturated heterocycles. The molecule has 0 spiro atoms. The van der Waals surface area contributed by atoms with Gasteiger partial charge in [0, 0.05) is 25.3 Å². The van der Waals surface area contributed by atoms with E-state index in [4.69, 9.17) is 11.6 Å². The lowest BCUT2D eigenvalue weighted by Gasteiger charge is -2.36. The van der Waals surface area contributed by atoms with E-state index in [2.05, 4.69) is 9.88 Å². The SMILES string of the molecule is O=S(=O)(c1ccc(Cl)nc1)N1CCCC(N2CCCC2)C1. The number of nitrogens with zero attached hydrogens (tertiary/aromatic N) is 3. The number of halogens is 1. The van der Waals surface area contributed by atoms with Gasteiger partial charge in [-0.05, 0) is 50.9 Å². The first kappa shape index (κ1) is 15.2. The zero-order valence-corrected chi connectivity index (χ0v) is 13.5. The van der Waals surface area contributed by atoms with E-state index in [-0.39, 0.29) is 4.90 Å². The Morgan fingerprint density at radius 3 is 2.57 bits per heavy atom. The molecule has 0 aliphatic carbocycles. The number of pyridine rings is 1. The van der Waals surface area contributed by atoms with Crippen LogP contribution in [-0.4, -0.2) is 54.8 Å². The summed E-state index contributed by atoms with van der Waals surface area (Å²) in [7, 11) is -3.46. The quantitative estimate of drug-likeness (QED) is 0.796. The van der Waals surface area contributed by atoms with Crippen LogP contribution in [0.25, 0.3) is 0 Å². The van der Waals surface area contributed by atoms with Crippen molar-refractivity contribution in [2.24, 2.45) is 0 Å². The molecule has 1 aromatic heterocycles. The summed E-state index contributed by atoms with van der Waals surface area (Å²) in [5.74, 6) is 0. The van der Waals surface area contributed by atoms with E-state index in [0.29, 0.717) is 24.3 Å². The second-order valence-corrected chi connectivity index (χ2v) is 8.04. The molecule has 1 aromatic rings. The van der Waals surface area contributed by atoms with Gasteiger partial charge in [0.1, 0.15) is 10.0 Å². The molecule has 1 unspecified atom stereocenters. The predicted octanol–water partition coefficient (Wildman–Crippen LogP) is 1.98. The Bertz CT molecular complexity index is 585. The Morgan fingerprint density at radius 1 is 1.14 bits per heavy atom. The summed E-state index contributed by atoms with van der Waals surface area (Å²) in [5.41, 5.74) is 0. The first-order valence-electron chi connectivity index (χ1n) is 7.43. The molecule has 2 fully saturated rings. The largest absolute Gasteiger partial charge is 0.299 e. The van der Waals surface area contributed by atoms with Gasteiger partial charge in [0.15, 0.2) is 0 Å². The van der Waals surface area contributed by atoms with Gasteiger partial charge in [-0.1, -0.05) is 11.6 Å². The molecule has 0 radical (unpaired) electrons. The summed E-state index contributed by atoms with van der Waals surface area (Å²) in [6.45, 7) is 3.38. The molecular formula is C14H20ClN3O2S. The topological polar surface area (TPSA) is 53.5 Å². The minimum absolute atomic E-state index is 0.231. The molecule has 0 aromatic carbocycles. The number of sulfonamides is 1. The first-order valence-corrected chi connectivity index (χ1v) is 9.25. The summed E-state index contributed by atoms with van der Waals surface area (Å²) in [4.78, 5) is 6.55. The second kappa shape index (κ2) is 6.20. The molecule has 2 aliphatic heterocycles. The van der Waals surface area contributed by atoms with E-state index >= 15 is 0 Å². The average molecular weight is 330 g/mol. The molecular weight excluding hydrogens is 310 g/mol. The van der Waals surface area contributed by atoms with Gasteiger partial charge >= 0.3 is 0 Å². The van der Waals surface area contributed by atoms with Crippen LogP contribution < -0.4 is 0 Å². The highest BCUT2D eigenvalue weighted by Crippen LogP contribution is 2.25. The molecule has 1 atom stereocenters. The van der Waals surface area contributed by atoms with Gasteiger partial charge in [0.2, 0.25) is 10.0 Å².